The molecule has 7 rings (SSSR count). The lowest BCUT2D eigenvalue weighted by Gasteiger charge is -2.42. The maximum absolute atomic E-state index is 14.1. The highest BCUT2D eigenvalue weighted by molar-refractivity contribution is 7.10. The Labute approximate surface area is 284 Å². The van der Waals surface area contributed by atoms with Crippen molar-refractivity contribution in [3.8, 4) is 12.3 Å². The number of carbonyl (C=O) groups excluding carboxylic acids is 3. The number of likely N-dealkylation sites (N-methyl/N-ethyl adjacent to an activating group) is 1. The molecule has 6 heterocycles. The Kier molecular flexibility index (Phi) is 9.00. The first kappa shape index (κ1) is 32.1. The Balaban J connectivity index is 1.00. The lowest BCUT2D eigenvalue weighted by Crippen LogP contribution is -2.55. The molecule has 0 spiro atoms. The molecule has 2 unspecified atom stereocenters. The maximum Gasteiger partial charge on any atom is 0.410 e. The van der Waals surface area contributed by atoms with Gasteiger partial charge in [-0.2, -0.15) is 0 Å². The number of likely N-dealkylation sites (tertiary alicyclic amines) is 4. The summed E-state index contributed by atoms with van der Waals surface area (Å²) in [7, 11) is 2.21. The monoisotopic (exact) mass is 679 g/mol. The molecular weight excluding hydrogens is 638 g/mol. The molecule has 250 valence electrons. The summed E-state index contributed by atoms with van der Waals surface area (Å²) in [6, 6.07) is 6.96. The van der Waals surface area contributed by atoms with Gasteiger partial charge in [-0.25, -0.2) is 9.59 Å². The van der Waals surface area contributed by atoms with E-state index in [1.165, 1.54) is 6.42 Å². The highest BCUT2D eigenvalue weighted by atomic mass is 35.5. The fourth-order valence-corrected chi connectivity index (χ4v) is 9.18. The number of nitrogen functional groups attached to an aromatic ring is 1. The smallest absolute Gasteiger partial charge is 0.410 e. The molecule has 4 fully saturated rings. The van der Waals surface area contributed by atoms with Crippen LogP contribution in [-0.2, 0) is 22.5 Å². The summed E-state index contributed by atoms with van der Waals surface area (Å²) >= 11 is 8.02. The molecule has 47 heavy (non-hydrogen) atoms. The predicted molar refractivity (Wildman–Crippen MR) is 182 cm³/mol. The molecule has 3 N–H and O–H groups in total. The van der Waals surface area contributed by atoms with Gasteiger partial charge in [0.2, 0.25) is 0 Å². The SMILES string of the molecule is C#Cc1cc(C[C@@H](OC(=O)N2CCC(N3Cc4sccc4NC3=O)CC2)C(=O)N2CCC(N3CC4CC3CN4C)CC2)cc(Cl)c1N. The number of urea groups is 1. The molecule has 13 heteroatoms. The molecule has 5 aliphatic rings. The minimum absolute atomic E-state index is 0.0124. The van der Waals surface area contributed by atoms with Gasteiger partial charge in [0.25, 0.3) is 5.91 Å². The number of terminal acetylenes is 1. The number of anilines is 2. The van der Waals surface area contributed by atoms with E-state index in [2.05, 4.69) is 28.1 Å². The fourth-order valence-electron chi connectivity index (χ4n) is 8.11. The molecule has 4 saturated heterocycles. The number of ether oxygens (including phenoxy) is 1. The van der Waals surface area contributed by atoms with Crippen molar-refractivity contribution in [3.63, 3.8) is 0 Å². The number of thiophene rings is 1. The van der Waals surface area contributed by atoms with Crippen molar-refractivity contribution in [2.75, 3.05) is 57.4 Å². The number of nitrogens with zero attached hydrogens (tertiary/aromatic N) is 5. The van der Waals surface area contributed by atoms with Crippen LogP contribution in [0.2, 0.25) is 5.02 Å². The molecule has 2 aromatic rings. The minimum Gasteiger partial charge on any atom is -0.436 e. The lowest BCUT2D eigenvalue weighted by atomic mass is 9.99. The number of carbonyl (C=O) groups is 3. The molecule has 3 atom stereocenters. The van der Waals surface area contributed by atoms with Crippen LogP contribution in [-0.4, -0.2) is 119 Å². The van der Waals surface area contributed by atoms with E-state index in [1.54, 1.807) is 28.4 Å². The van der Waals surface area contributed by atoms with Crippen molar-refractivity contribution in [2.45, 2.75) is 75.3 Å². The Bertz CT molecular complexity index is 1580. The molecule has 1 aromatic carbocycles. The zero-order valence-electron chi connectivity index (χ0n) is 26.7. The molecule has 4 amide bonds. The van der Waals surface area contributed by atoms with Crippen LogP contribution in [0.15, 0.2) is 23.6 Å². The van der Waals surface area contributed by atoms with E-state index in [1.807, 2.05) is 21.2 Å². The van der Waals surface area contributed by atoms with Gasteiger partial charge in [-0.15, -0.1) is 17.8 Å². The number of hydrogen-bond donors (Lipinski definition) is 2. The largest absolute Gasteiger partial charge is 0.436 e. The van der Waals surface area contributed by atoms with Gasteiger partial charge in [0, 0.05) is 80.3 Å². The van der Waals surface area contributed by atoms with Crippen molar-refractivity contribution < 1.29 is 19.1 Å². The highest BCUT2D eigenvalue weighted by Gasteiger charge is 2.45. The van der Waals surface area contributed by atoms with E-state index < -0.39 is 12.2 Å². The van der Waals surface area contributed by atoms with Crippen LogP contribution in [0.1, 0.15) is 48.1 Å². The minimum atomic E-state index is -1.04. The van der Waals surface area contributed by atoms with Crippen LogP contribution in [0.5, 0.6) is 0 Å². The van der Waals surface area contributed by atoms with Crippen molar-refractivity contribution in [1.29, 1.82) is 0 Å². The number of nitrogens with one attached hydrogen (secondary N) is 1. The quantitative estimate of drug-likeness (QED) is 0.352. The summed E-state index contributed by atoms with van der Waals surface area (Å²) in [4.78, 5) is 52.0. The van der Waals surface area contributed by atoms with E-state index in [0.29, 0.717) is 85.5 Å². The van der Waals surface area contributed by atoms with Gasteiger partial charge in [0.15, 0.2) is 6.10 Å². The zero-order valence-corrected chi connectivity index (χ0v) is 28.3. The van der Waals surface area contributed by atoms with Crippen LogP contribution in [0.4, 0.5) is 21.0 Å². The first-order chi connectivity index (χ1) is 22.7. The molecule has 0 aliphatic carbocycles. The van der Waals surface area contributed by atoms with Gasteiger partial charge in [-0.1, -0.05) is 17.5 Å². The third kappa shape index (κ3) is 6.38. The summed E-state index contributed by atoms with van der Waals surface area (Å²) in [6.07, 6.45) is 8.52. The molecule has 11 nitrogen and oxygen atoms in total. The van der Waals surface area contributed by atoms with Crippen molar-refractivity contribution in [1.82, 2.24) is 24.5 Å². The third-order valence-electron chi connectivity index (χ3n) is 10.8. The number of amides is 4. The second-order valence-corrected chi connectivity index (χ2v) is 14.9. The van der Waals surface area contributed by atoms with E-state index in [-0.39, 0.29) is 24.4 Å². The van der Waals surface area contributed by atoms with Crippen LogP contribution < -0.4 is 11.1 Å². The summed E-state index contributed by atoms with van der Waals surface area (Å²) in [5.41, 5.74) is 8.36. The van der Waals surface area contributed by atoms with Crippen LogP contribution >= 0.6 is 22.9 Å². The number of hydrogen-bond acceptors (Lipinski definition) is 8. The second-order valence-electron chi connectivity index (χ2n) is 13.5. The van der Waals surface area contributed by atoms with Crippen LogP contribution in [0.25, 0.3) is 0 Å². The summed E-state index contributed by atoms with van der Waals surface area (Å²) in [5, 5.41) is 5.26. The van der Waals surface area contributed by atoms with E-state index in [4.69, 9.17) is 28.5 Å². The van der Waals surface area contributed by atoms with E-state index in [0.717, 1.165) is 36.5 Å². The van der Waals surface area contributed by atoms with Crippen molar-refractivity contribution >= 4 is 52.3 Å². The zero-order chi connectivity index (χ0) is 32.8. The molecule has 0 saturated carbocycles. The van der Waals surface area contributed by atoms with Crippen molar-refractivity contribution in [3.05, 3.63) is 44.6 Å². The first-order valence-corrected chi connectivity index (χ1v) is 17.8. The molecule has 1 aromatic heterocycles. The maximum atomic E-state index is 14.1. The average Bonchev–Trinajstić information content (AvgIpc) is 3.81. The standard InChI is InChI=1S/C34H42ClN7O4S/c1-3-22-14-21(15-27(35)31(22)36)16-29(32(43)39-9-4-23(5-10-39)41-19-25-17-26(41)18-38(25)2)46-34(45)40-11-6-24(7-12-40)42-20-30-28(8-13-47-30)37-33(42)44/h1,8,13-15,23-26,29H,4-7,9-12,16-20,36H2,2H3,(H,37,44)/t25?,26?,29-/m1/s1. The van der Waals surface area contributed by atoms with Gasteiger partial charge in [-0.3, -0.25) is 9.69 Å². The number of piperidine rings is 2. The molecule has 5 aliphatic heterocycles. The Hall–Kier alpha value is -3.50. The number of fused-ring (bicyclic) bond motifs is 3. The summed E-state index contributed by atoms with van der Waals surface area (Å²) in [6.45, 7) is 4.88. The number of piperazine rings is 1. The average molecular weight is 680 g/mol. The van der Waals surface area contributed by atoms with Gasteiger partial charge in [0.05, 0.1) is 22.9 Å². The van der Waals surface area contributed by atoms with Gasteiger partial charge >= 0.3 is 12.1 Å². The highest BCUT2D eigenvalue weighted by Crippen LogP contribution is 2.35. The Morgan fingerprint density at radius 2 is 1.81 bits per heavy atom. The van der Waals surface area contributed by atoms with E-state index in [9.17, 15) is 14.4 Å². The summed E-state index contributed by atoms with van der Waals surface area (Å²) in [5.74, 6) is 2.35. The number of benzene rings is 1. The number of halogens is 1. The Morgan fingerprint density at radius 1 is 1.09 bits per heavy atom. The van der Waals surface area contributed by atoms with Gasteiger partial charge in [-0.05, 0) is 68.3 Å². The number of nitrogens with two attached hydrogens (primary N) is 1. The van der Waals surface area contributed by atoms with Crippen molar-refractivity contribution in [2.24, 2.45) is 0 Å². The predicted octanol–water partition coefficient (Wildman–Crippen LogP) is 3.90. The van der Waals surface area contributed by atoms with E-state index >= 15 is 0 Å². The molecule has 2 bridgehead atoms. The normalized spacial score (nSPS) is 24.6. The summed E-state index contributed by atoms with van der Waals surface area (Å²) < 4.78 is 6.03. The first-order valence-electron chi connectivity index (χ1n) is 16.6. The fraction of sp³-hybridized carbons (Fsp3) is 0.559. The molecule has 0 radical (unpaired) electrons. The third-order valence-corrected chi connectivity index (χ3v) is 12.0. The molecular formula is C34H42ClN7O4S. The second kappa shape index (κ2) is 13.2. The van der Waals surface area contributed by atoms with Crippen LogP contribution in [0.3, 0.4) is 0 Å². The topological polar surface area (TPSA) is 115 Å². The van der Waals surface area contributed by atoms with Crippen LogP contribution in [0, 0.1) is 12.3 Å². The van der Waals surface area contributed by atoms with Gasteiger partial charge < -0.3 is 35.4 Å². The lowest BCUT2D eigenvalue weighted by molar-refractivity contribution is -0.142. The number of rotatable bonds is 6. The van der Waals surface area contributed by atoms with Gasteiger partial charge in [0.1, 0.15) is 0 Å². The Morgan fingerprint density at radius 3 is 2.49 bits per heavy atom.